The van der Waals surface area contributed by atoms with Gasteiger partial charge in [-0.2, -0.15) is 0 Å². The van der Waals surface area contributed by atoms with E-state index in [0.29, 0.717) is 23.0 Å². The predicted octanol–water partition coefficient (Wildman–Crippen LogP) is 4.60. The third-order valence-corrected chi connectivity index (χ3v) is 4.57. The number of fused-ring (bicyclic) bond motifs is 1. The van der Waals surface area contributed by atoms with Crippen LogP contribution in [0.15, 0.2) is 57.7 Å². The number of aryl methyl sites for hydroxylation is 1. The van der Waals surface area contributed by atoms with Crippen molar-refractivity contribution in [2.75, 3.05) is 6.61 Å². The molecule has 0 fully saturated rings. The van der Waals surface area contributed by atoms with E-state index >= 15 is 0 Å². The highest BCUT2D eigenvalue weighted by Crippen LogP contribution is 2.23. The lowest BCUT2D eigenvalue weighted by molar-refractivity contribution is -0.136. The molecule has 0 aliphatic heterocycles. The van der Waals surface area contributed by atoms with Crippen molar-refractivity contribution in [2.24, 2.45) is 0 Å². The van der Waals surface area contributed by atoms with Gasteiger partial charge in [0.25, 0.3) is 0 Å². The summed E-state index contributed by atoms with van der Waals surface area (Å²) < 4.78 is 16.0. The monoisotopic (exact) mass is 366 g/mol. The Bertz CT molecular complexity index is 1000. The lowest BCUT2D eigenvalue weighted by Crippen LogP contribution is -2.17. The fraction of sp³-hybridized carbons (Fsp3) is 0.273. The molecule has 0 N–H and O–H groups in total. The SMILES string of the molecule is CCC(C)c1ccc(OC(=O)COc2ccc3oc(=O)cc(C)c3c2)cc1. The third-order valence-electron chi connectivity index (χ3n) is 4.57. The van der Waals surface area contributed by atoms with E-state index in [9.17, 15) is 9.59 Å². The van der Waals surface area contributed by atoms with E-state index in [1.807, 2.05) is 19.1 Å². The molecule has 5 nitrogen and oxygen atoms in total. The van der Waals surface area contributed by atoms with Crippen LogP contribution in [-0.2, 0) is 4.79 Å². The van der Waals surface area contributed by atoms with Gasteiger partial charge in [-0.05, 0) is 60.7 Å². The highest BCUT2D eigenvalue weighted by atomic mass is 16.6. The van der Waals surface area contributed by atoms with Gasteiger partial charge in [0.2, 0.25) is 0 Å². The zero-order valence-electron chi connectivity index (χ0n) is 15.7. The minimum Gasteiger partial charge on any atom is -0.482 e. The first kappa shape index (κ1) is 18.7. The Balaban J connectivity index is 1.62. The predicted molar refractivity (Wildman–Crippen MR) is 103 cm³/mol. The van der Waals surface area contributed by atoms with Gasteiger partial charge in [-0.15, -0.1) is 0 Å². The van der Waals surface area contributed by atoms with E-state index in [1.165, 1.54) is 11.6 Å². The molecule has 0 amide bonds. The largest absolute Gasteiger partial charge is 0.482 e. The van der Waals surface area contributed by atoms with Crippen LogP contribution in [0.3, 0.4) is 0 Å². The number of rotatable bonds is 6. The van der Waals surface area contributed by atoms with E-state index in [0.717, 1.165) is 17.4 Å². The summed E-state index contributed by atoms with van der Waals surface area (Å²) in [5.74, 6) is 0.983. The Morgan fingerprint density at radius 2 is 1.78 bits per heavy atom. The molecule has 3 rings (SSSR count). The van der Waals surface area contributed by atoms with Gasteiger partial charge in [-0.25, -0.2) is 9.59 Å². The highest BCUT2D eigenvalue weighted by molar-refractivity contribution is 5.81. The summed E-state index contributed by atoms with van der Waals surface area (Å²) >= 11 is 0. The molecule has 0 aliphatic carbocycles. The summed E-state index contributed by atoms with van der Waals surface area (Å²) in [5.41, 5.74) is 2.09. The lowest BCUT2D eigenvalue weighted by Gasteiger charge is -2.10. The topological polar surface area (TPSA) is 65.7 Å². The van der Waals surface area contributed by atoms with E-state index in [1.54, 1.807) is 30.3 Å². The minimum atomic E-state index is -0.484. The van der Waals surface area contributed by atoms with Gasteiger partial charge in [0.1, 0.15) is 17.1 Å². The number of carbonyl (C=O) groups is 1. The number of ether oxygens (including phenoxy) is 2. The first-order valence-electron chi connectivity index (χ1n) is 8.94. The van der Waals surface area contributed by atoms with Gasteiger partial charge in [-0.3, -0.25) is 0 Å². The van der Waals surface area contributed by atoms with Crippen LogP contribution >= 0.6 is 0 Å². The van der Waals surface area contributed by atoms with Crippen LogP contribution in [0.1, 0.15) is 37.3 Å². The van der Waals surface area contributed by atoms with E-state index in [4.69, 9.17) is 13.9 Å². The Morgan fingerprint density at radius 1 is 1.07 bits per heavy atom. The molecule has 27 heavy (non-hydrogen) atoms. The molecule has 1 atom stereocenters. The smallest absolute Gasteiger partial charge is 0.349 e. The van der Waals surface area contributed by atoms with Crippen LogP contribution in [-0.4, -0.2) is 12.6 Å². The van der Waals surface area contributed by atoms with Crippen molar-refractivity contribution in [3.05, 3.63) is 70.1 Å². The summed E-state index contributed by atoms with van der Waals surface area (Å²) in [6.45, 7) is 5.90. The standard InChI is InChI=1S/C22H22O5/c1-4-14(2)16-5-7-17(8-6-16)26-22(24)13-25-18-9-10-20-19(12-18)15(3)11-21(23)27-20/h5-12,14H,4,13H2,1-3H3. The van der Waals surface area contributed by atoms with Crippen LogP contribution in [0.5, 0.6) is 11.5 Å². The molecular weight excluding hydrogens is 344 g/mol. The second-order valence-electron chi connectivity index (χ2n) is 6.55. The van der Waals surface area contributed by atoms with Crippen molar-refractivity contribution in [1.82, 2.24) is 0 Å². The van der Waals surface area contributed by atoms with Crippen LogP contribution in [0.4, 0.5) is 0 Å². The molecule has 1 aromatic heterocycles. The average Bonchev–Trinajstić information content (AvgIpc) is 2.66. The number of hydrogen-bond acceptors (Lipinski definition) is 5. The molecule has 140 valence electrons. The van der Waals surface area contributed by atoms with Crippen molar-refractivity contribution in [1.29, 1.82) is 0 Å². The first-order valence-corrected chi connectivity index (χ1v) is 8.94. The van der Waals surface area contributed by atoms with E-state index in [-0.39, 0.29) is 6.61 Å². The minimum absolute atomic E-state index is 0.214. The van der Waals surface area contributed by atoms with Gasteiger partial charge in [0.05, 0.1) is 0 Å². The summed E-state index contributed by atoms with van der Waals surface area (Å²) in [6.07, 6.45) is 1.06. The zero-order chi connectivity index (χ0) is 19.4. The molecule has 0 spiro atoms. The summed E-state index contributed by atoms with van der Waals surface area (Å²) in [4.78, 5) is 23.4. The number of benzene rings is 2. The van der Waals surface area contributed by atoms with Crippen molar-refractivity contribution in [2.45, 2.75) is 33.1 Å². The molecule has 0 aliphatic rings. The number of esters is 1. The number of carbonyl (C=O) groups excluding carboxylic acids is 1. The van der Waals surface area contributed by atoms with Crippen molar-refractivity contribution >= 4 is 16.9 Å². The molecule has 1 unspecified atom stereocenters. The second-order valence-corrected chi connectivity index (χ2v) is 6.55. The van der Waals surface area contributed by atoms with Gasteiger partial charge in [0, 0.05) is 11.5 Å². The Kier molecular flexibility index (Phi) is 5.60. The Morgan fingerprint density at radius 3 is 2.48 bits per heavy atom. The molecule has 0 bridgehead atoms. The summed E-state index contributed by atoms with van der Waals surface area (Å²) in [7, 11) is 0. The molecule has 2 aromatic carbocycles. The number of hydrogen-bond donors (Lipinski definition) is 0. The molecule has 1 heterocycles. The van der Waals surface area contributed by atoms with Crippen LogP contribution in [0, 0.1) is 6.92 Å². The third kappa shape index (κ3) is 4.56. The molecule has 5 heteroatoms. The van der Waals surface area contributed by atoms with E-state index in [2.05, 4.69) is 13.8 Å². The van der Waals surface area contributed by atoms with Gasteiger partial charge < -0.3 is 13.9 Å². The second kappa shape index (κ2) is 8.08. The quantitative estimate of drug-likeness (QED) is 0.362. The van der Waals surface area contributed by atoms with Crippen LogP contribution in [0.2, 0.25) is 0 Å². The Labute approximate surface area is 157 Å². The fourth-order valence-corrected chi connectivity index (χ4v) is 2.79. The van der Waals surface area contributed by atoms with Crippen LogP contribution < -0.4 is 15.1 Å². The summed E-state index contributed by atoms with van der Waals surface area (Å²) in [5, 5.41) is 0.765. The van der Waals surface area contributed by atoms with Crippen molar-refractivity contribution in [3.63, 3.8) is 0 Å². The summed E-state index contributed by atoms with van der Waals surface area (Å²) in [6, 6.07) is 14.0. The maximum absolute atomic E-state index is 12.0. The average molecular weight is 366 g/mol. The normalized spacial score (nSPS) is 12.0. The van der Waals surface area contributed by atoms with Crippen LogP contribution in [0.25, 0.3) is 11.0 Å². The first-order chi connectivity index (χ1) is 13.0. The molecular formula is C22H22O5. The lowest BCUT2D eigenvalue weighted by atomic mass is 9.99. The van der Waals surface area contributed by atoms with Crippen molar-refractivity contribution in [3.8, 4) is 11.5 Å². The van der Waals surface area contributed by atoms with Crippen molar-refractivity contribution < 1.29 is 18.7 Å². The van der Waals surface area contributed by atoms with Gasteiger partial charge >= 0.3 is 11.6 Å². The van der Waals surface area contributed by atoms with Gasteiger partial charge in [0.15, 0.2) is 6.61 Å². The highest BCUT2D eigenvalue weighted by Gasteiger charge is 2.09. The maximum Gasteiger partial charge on any atom is 0.349 e. The molecule has 0 saturated carbocycles. The fourth-order valence-electron chi connectivity index (χ4n) is 2.79. The van der Waals surface area contributed by atoms with E-state index < -0.39 is 11.6 Å². The van der Waals surface area contributed by atoms with Gasteiger partial charge in [-0.1, -0.05) is 26.0 Å². The molecule has 0 saturated heterocycles. The Hall–Kier alpha value is -3.08. The zero-order valence-corrected chi connectivity index (χ0v) is 15.7. The molecule has 3 aromatic rings. The molecule has 0 radical (unpaired) electrons. The maximum atomic E-state index is 12.0.